The van der Waals surface area contributed by atoms with Gasteiger partial charge in [0.05, 0.1) is 12.2 Å². The first-order valence-electron chi connectivity index (χ1n) is 7.94. The van der Waals surface area contributed by atoms with Gasteiger partial charge >= 0.3 is 0 Å². The predicted molar refractivity (Wildman–Crippen MR) is 92.0 cm³/mol. The van der Waals surface area contributed by atoms with Gasteiger partial charge in [-0.15, -0.1) is 6.58 Å². The molecule has 1 aliphatic heterocycles. The van der Waals surface area contributed by atoms with Crippen LogP contribution in [0.1, 0.15) is 24.1 Å². The number of nitrogens with one attached hydrogen (secondary N) is 2. The van der Waals surface area contributed by atoms with Crippen molar-refractivity contribution in [1.82, 2.24) is 20.5 Å². The smallest absolute Gasteiger partial charge is 0.191 e. The predicted octanol–water partition coefficient (Wildman–Crippen LogP) is 1.71. The van der Waals surface area contributed by atoms with Gasteiger partial charge < -0.3 is 10.6 Å². The Kier molecular flexibility index (Phi) is 6.40. The number of hydrogen-bond acceptors (Lipinski definition) is 3. The maximum absolute atomic E-state index is 4.40. The number of guanidine groups is 1. The first-order chi connectivity index (χ1) is 10.7. The summed E-state index contributed by atoms with van der Waals surface area (Å²) in [5.74, 6) is 0.854. The molecule has 1 aromatic heterocycles. The molecule has 5 heteroatoms. The van der Waals surface area contributed by atoms with E-state index in [0.29, 0.717) is 12.6 Å². The Morgan fingerprint density at radius 1 is 1.50 bits per heavy atom. The van der Waals surface area contributed by atoms with E-state index in [1.807, 2.05) is 25.4 Å². The van der Waals surface area contributed by atoms with Crippen molar-refractivity contribution in [2.75, 3.05) is 26.7 Å². The van der Waals surface area contributed by atoms with Gasteiger partial charge in [0.15, 0.2) is 5.96 Å². The topological polar surface area (TPSA) is 52.5 Å². The molecular weight excluding hydrogens is 274 g/mol. The molecule has 0 saturated carbocycles. The molecule has 1 aromatic rings. The molecule has 0 spiro atoms. The molecule has 120 valence electrons. The highest BCUT2D eigenvalue weighted by Gasteiger charge is 2.19. The lowest BCUT2D eigenvalue weighted by Gasteiger charge is -2.32. The van der Waals surface area contributed by atoms with E-state index in [4.69, 9.17) is 0 Å². The summed E-state index contributed by atoms with van der Waals surface area (Å²) in [5, 5.41) is 6.87. The van der Waals surface area contributed by atoms with Gasteiger partial charge in [0.2, 0.25) is 0 Å². The van der Waals surface area contributed by atoms with Crippen LogP contribution < -0.4 is 10.6 Å². The fourth-order valence-electron chi connectivity index (χ4n) is 2.70. The standard InChI is InChI=1S/C17H27N5/c1-4-10-22-11-7-15(8-12-22)21-17(18-3)20-13-16-14(2)6-5-9-19-16/h4-6,9,15H,1,7-8,10-13H2,2-3H3,(H2,18,20,21). The first kappa shape index (κ1) is 16.5. The summed E-state index contributed by atoms with van der Waals surface area (Å²) in [5.41, 5.74) is 2.26. The van der Waals surface area contributed by atoms with Crippen LogP contribution in [0.15, 0.2) is 36.0 Å². The minimum atomic E-state index is 0.483. The Bertz CT molecular complexity index is 504. The number of pyridine rings is 1. The molecule has 0 aliphatic carbocycles. The second-order valence-electron chi connectivity index (χ2n) is 5.70. The van der Waals surface area contributed by atoms with E-state index in [1.54, 1.807) is 0 Å². The molecule has 0 aromatic carbocycles. The summed E-state index contributed by atoms with van der Waals surface area (Å²) in [6, 6.07) is 4.52. The minimum absolute atomic E-state index is 0.483. The molecule has 22 heavy (non-hydrogen) atoms. The molecule has 0 amide bonds. The normalized spacial score (nSPS) is 17.3. The van der Waals surface area contributed by atoms with Crippen LogP contribution in [-0.2, 0) is 6.54 Å². The van der Waals surface area contributed by atoms with Crippen molar-refractivity contribution in [3.63, 3.8) is 0 Å². The molecule has 0 bridgehead atoms. The molecule has 0 atom stereocenters. The summed E-state index contributed by atoms with van der Waals surface area (Å²) >= 11 is 0. The monoisotopic (exact) mass is 301 g/mol. The Morgan fingerprint density at radius 3 is 2.91 bits per heavy atom. The van der Waals surface area contributed by atoms with Gasteiger partial charge in [0.25, 0.3) is 0 Å². The van der Waals surface area contributed by atoms with Crippen LogP contribution in [0.25, 0.3) is 0 Å². The number of piperidine rings is 1. The van der Waals surface area contributed by atoms with Gasteiger partial charge in [-0.25, -0.2) is 0 Å². The third-order valence-corrected chi connectivity index (χ3v) is 4.08. The third-order valence-electron chi connectivity index (χ3n) is 4.08. The van der Waals surface area contributed by atoms with Crippen LogP contribution in [0.3, 0.4) is 0 Å². The minimum Gasteiger partial charge on any atom is -0.354 e. The number of nitrogens with zero attached hydrogens (tertiary/aromatic N) is 3. The van der Waals surface area contributed by atoms with E-state index >= 15 is 0 Å². The highest BCUT2D eigenvalue weighted by atomic mass is 15.2. The number of hydrogen-bond donors (Lipinski definition) is 2. The SMILES string of the molecule is C=CCN1CCC(NC(=NC)NCc2ncccc2C)CC1. The zero-order chi connectivity index (χ0) is 15.8. The van der Waals surface area contributed by atoms with Crippen molar-refractivity contribution in [3.8, 4) is 0 Å². The quantitative estimate of drug-likeness (QED) is 0.494. The molecule has 2 N–H and O–H groups in total. The molecule has 2 heterocycles. The largest absolute Gasteiger partial charge is 0.354 e. The lowest BCUT2D eigenvalue weighted by Crippen LogP contribution is -2.48. The Labute approximate surface area is 133 Å². The number of aryl methyl sites for hydroxylation is 1. The fraction of sp³-hybridized carbons (Fsp3) is 0.529. The van der Waals surface area contributed by atoms with Gasteiger partial charge in [0.1, 0.15) is 0 Å². The maximum atomic E-state index is 4.40. The fourth-order valence-corrected chi connectivity index (χ4v) is 2.70. The molecule has 2 rings (SSSR count). The van der Waals surface area contributed by atoms with Crippen molar-refractivity contribution in [1.29, 1.82) is 0 Å². The molecule has 5 nitrogen and oxygen atoms in total. The first-order valence-corrected chi connectivity index (χ1v) is 7.94. The van der Waals surface area contributed by atoms with Crippen molar-refractivity contribution < 1.29 is 0 Å². The summed E-state index contributed by atoms with van der Waals surface area (Å²) in [6.07, 6.45) is 6.08. The van der Waals surface area contributed by atoms with E-state index in [2.05, 4.69) is 45.1 Å². The molecule has 1 aliphatic rings. The van der Waals surface area contributed by atoms with Crippen molar-refractivity contribution in [2.24, 2.45) is 4.99 Å². The number of rotatable bonds is 5. The van der Waals surface area contributed by atoms with E-state index in [9.17, 15) is 0 Å². The summed E-state index contributed by atoms with van der Waals surface area (Å²) in [6.45, 7) is 9.79. The van der Waals surface area contributed by atoms with Crippen molar-refractivity contribution in [3.05, 3.63) is 42.2 Å². The number of aromatic nitrogens is 1. The Balaban J connectivity index is 1.79. The summed E-state index contributed by atoms with van der Waals surface area (Å²) in [7, 11) is 1.81. The van der Waals surface area contributed by atoms with Crippen LogP contribution in [0.5, 0.6) is 0 Å². The van der Waals surface area contributed by atoms with Crippen molar-refractivity contribution >= 4 is 5.96 Å². The molecule has 1 saturated heterocycles. The van der Waals surface area contributed by atoms with Crippen molar-refractivity contribution in [2.45, 2.75) is 32.4 Å². The van der Waals surface area contributed by atoms with Gasteiger partial charge in [0, 0.05) is 38.9 Å². The average molecular weight is 301 g/mol. The number of likely N-dealkylation sites (tertiary alicyclic amines) is 1. The van der Waals surface area contributed by atoms with Crippen LogP contribution in [-0.4, -0.2) is 48.6 Å². The van der Waals surface area contributed by atoms with Gasteiger partial charge in [-0.1, -0.05) is 12.1 Å². The summed E-state index contributed by atoms with van der Waals surface area (Å²) in [4.78, 5) is 11.1. The van der Waals surface area contributed by atoms with E-state index in [1.165, 1.54) is 5.56 Å². The zero-order valence-electron chi connectivity index (χ0n) is 13.7. The highest BCUT2D eigenvalue weighted by molar-refractivity contribution is 5.79. The van der Waals surface area contributed by atoms with Crippen LogP contribution in [0.2, 0.25) is 0 Å². The second kappa shape index (κ2) is 8.54. The van der Waals surface area contributed by atoms with Gasteiger partial charge in [-0.3, -0.25) is 14.9 Å². The third kappa shape index (κ3) is 4.84. The van der Waals surface area contributed by atoms with Gasteiger partial charge in [-0.05, 0) is 31.4 Å². The van der Waals surface area contributed by atoms with E-state index in [0.717, 1.165) is 44.1 Å². The van der Waals surface area contributed by atoms with Crippen LogP contribution >= 0.6 is 0 Å². The van der Waals surface area contributed by atoms with Crippen LogP contribution in [0, 0.1) is 6.92 Å². The Hall–Kier alpha value is -1.88. The van der Waals surface area contributed by atoms with Crippen LogP contribution in [0.4, 0.5) is 0 Å². The molecular formula is C17H27N5. The maximum Gasteiger partial charge on any atom is 0.191 e. The van der Waals surface area contributed by atoms with E-state index in [-0.39, 0.29) is 0 Å². The lowest BCUT2D eigenvalue weighted by molar-refractivity contribution is 0.225. The van der Waals surface area contributed by atoms with Gasteiger partial charge in [-0.2, -0.15) is 0 Å². The number of aliphatic imine (C=N–C) groups is 1. The summed E-state index contributed by atoms with van der Waals surface area (Å²) < 4.78 is 0. The second-order valence-corrected chi connectivity index (χ2v) is 5.70. The Morgan fingerprint density at radius 2 is 2.27 bits per heavy atom. The highest BCUT2D eigenvalue weighted by Crippen LogP contribution is 2.10. The molecule has 0 unspecified atom stereocenters. The lowest BCUT2D eigenvalue weighted by atomic mass is 10.1. The average Bonchev–Trinajstić information content (AvgIpc) is 2.54. The molecule has 0 radical (unpaired) electrons. The molecule has 1 fully saturated rings. The zero-order valence-corrected chi connectivity index (χ0v) is 13.7. The van der Waals surface area contributed by atoms with E-state index < -0.39 is 0 Å².